The summed E-state index contributed by atoms with van der Waals surface area (Å²) in [6.07, 6.45) is 3.01. The minimum absolute atomic E-state index is 0.0161. The van der Waals surface area contributed by atoms with Gasteiger partial charge in [-0.3, -0.25) is 4.79 Å². The number of hydrogen-bond acceptors (Lipinski definition) is 6. The first-order valence-corrected chi connectivity index (χ1v) is 7.22. The smallest absolute Gasteiger partial charge is 0.257 e. The average Bonchev–Trinajstić information content (AvgIpc) is 3.09. The van der Waals surface area contributed by atoms with Gasteiger partial charge in [-0.05, 0) is 18.2 Å². The van der Waals surface area contributed by atoms with Gasteiger partial charge in [-0.1, -0.05) is 0 Å². The third kappa shape index (κ3) is 2.88. The number of piperazine rings is 1. The summed E-state index contributed by atoms with van der Waals surface area (Å²) >= 11 is 0. The fourth-order valence-electron chi connectivity index (χ4n) is 2.43. The maximum atomic E-state index is 12.2. The molecule has 0 N–H and O–H groups in total. The first-order valence-electron chi connectivity index (χ1n) is 7.22. The number of rotatable bonds is 3. The van der Waals surface area contributed by atoms with Crippen LogP contribution in [0.1, 0.15) is 10.4 Å². The standard InChI is InChI=1S/C15H19N5O2/c1-18(2)13-3-4-14(17-16-13)19-6-8-20(9-7-19)15(21)12-5-10-22-11-12/h3-5,10-11H,6-9H2,1-2H3. The third-order valence-electron chi connectivity index (χ3n) is 3.75. The fourth-order valence-corrected chi connectivity index (χ4v) is 2.43. The molecule has 116 valence electrons. The lowest BCUT2D eigenvalue weighted by Crippen LogP contribution is -2.49. The van der Waals surface area contributed by atoms with Crippen molar-refractivity contribution in [2.75, 3.05) is 50.1 Å². The quantitative estimate of drug-likeness (QED) is 0.846. The van der Waals surface area contributed by atoms with Crippen molar-refractivity contribution < 1.29 is 9.21 Å². The first kappa shape index (κ1) is 14.4. The lowest BCUT2D eigenvalue weighted by Gasteiger charge is -2.35. The Labute approximate surface area is 129 Å². The Balaban J connectivity index is 1.60. The van der Waals surface area contributed by atoms with Gasteiger partial charge in [0.2, 0.25) is 0 Å². The summed E-state index contributed by atoms with van der Waals surface area (Å²) in [5.74, 6) is 1.70. The maximum Gasteiger partial charge on any atom is 0.257 e. The Morgan fingerprint density at radius 2 is 1.91 bits per heavy atom. The van der Waals surface area contributed by atoms with Gasteiger partial charge >= 0.3 is 0 Å². The molecule has 1 fully saturated rings. The van der Waals surface area contributed by atoms with Gasteiger partial charge in [0.1, 0.15) is 6.26 Å². The molecule has 0 spiro atoms. The average molecular weight is 301 g/mol. The van der Waals surface area contributed by atoms with Crippen LogP contribution in [0.5, 0.6) is 0 Å². The van der Waals surface area contributed by atoms with Crippen LogP contribution in [0.15, 0.2) is 35.1 Å². The number of carbonyl (C=O) groups excluding carboxylic acids is 1. The van der Waals surface area contributed by atoms with Crippen LogP contribution in [-0.4, -0.2) is 61.3 Å². The Kier molecular flexibility index (Phi) is 3.95. The Morgan fingerprint density at radius 3 is 2.45 bits per heavy atom. The molecular formula is C15H19N5O2. The lowest BCUT2D eigenvalue weighted by atomic mass is 10.2. The summed E-state index contributed by atoms with van der Waals surface area (Å²) in [5.41, 5.74) is 0.601. The highest BCUT2D eigenvalue weighted by atomic mass is 16.3. The Hall–Kier alpha value is -2.57. The van der Waals surface area contributed by atoms with Crippen LogP contribution in [0.4, 0.5) is 11.6 Å². The van der Waals surface area contributed by atoms with Crippen LogP contribution in [0.3, 0.4) is 0 Å². The van der Waals surface area contributed by atoms with E-state index >= 15 is 0 Å². The van der Waals surface area contributed by atoms with Crippen molar-refractivity contribution in [3.05, 3.63) is 36.3 Å². The van der Waals surface area contributed by atoms with Gasteiger partial charge < -0.3 is 19.1 Å². The molecule has 0 saturated carbocycles. The van der Waals surface area contributed by atoms with E-state index in [2.05, 4.69) is 15.1 Å². The van der Waals surface area contributed by atoms with Crippen LogP contribution in [0.2, 0.25) is 0 Å². The van der Waals surface area contributed by atoms with Crippen LogP contribution in [-0.2, 0) is 0 Å². The topological polar surface area (TPSA) is 65.7 Å². The molecule has 0 atom stereocenters. The molecule has 2 aromatic rings. The summed E-state index contributed by atoms with van der Waals surface area (Å²) in [4.78, 5) is 18.1. The summed E-state index contributed by atoms with van der Waals surface area (Å²) in [6, 6.07) is 5.61. The molecule has 1 amide bonds. The van der Waals surface area contributed by atoms with E-state index < -0.39 is 0 Å². The maximum absolute atomic E-state index is 12.2. The second-order valence-corrected chi connectivity index (χ2v) is 5.44. The summed E-state index contributed by atoms with van der Waals surface area (Å²) in [7, 11) is 3.87. The summed E-state index contributed by atoms with van der Waals surface area (Å²) in [5, 5.41) is 8.45. The van der Waals surface area contributed by atoms with Crippen molar-refractivity contribution in [2.24, 2.45) is 0 Å². The van der Waals surface area contributed by atoms with Crippen molar-refractivity contribution in [3.63, 3.8) is 0 Å². The molecule has 7 nitrogen and oxygen atoms in total. The second-order valence-electron chi connectivity index (χ2n) is 5.44. The van der Waals surface area contributed by atoms with E-state index in [1.54, 1.807) is 6.07 Å². The minimum Gasteiger partial charge on any atom is -0.472 e. The molecule has 0 aromatic carbocycles. The number of amides is 1. The Bertz CT molecular complexity index is 616. The number of hydrogen-bond donors (Lipinski definition) is 0. The van der Waals surface area contributed by atoms with E-state index in [9.17, 15) is 4.79 Å². The molecule has 1 saturated heterocycles. The highest BCUT2D eigenvalue weighted by Crippen LogP contribution is 2.16. The number of carbonyl (C=O) groups is 1. The predicted octanol–water partition coefficient (Wildman–Crippen LogP) is 1.10. The van der Waals surface area contributed by atoms with Gasteiger partial charge in [0.25, 0.3) is 5.91 Å². The van der Waals surface area contributed by atoms with Crippen molar-refractivity contribution in [1.82, 2.24) is 15.1 Å². The van der Waals surface area contributed by atoms with Gasteiger partial charge in [0.15, 0.2) is 11.6 Å². The number of furan rings is 1. The molecular weight excluding hydrogens is 282 g/mol. The van der Waals surface area contributed by atoms with Crippen LogP contribution in [0.25, 0.3) is 0 Å². The lowest BCUT2D eigenvalue weighted by molar-refractivity contribution is 0.0746. The normalized spacial score (nSPS) is 15.0. The van der Waals surface area contributed by atoms with Gasteiger partial charge in [-0.25, -0.2) is 0 Å². The van der Waals surface area contributed by atoms with E-state index in [4.69, 9.17) is 4.42 Å². The van der Waals surface area contributed by atoms with Crippen molar-refractivity contribution in [1.29, 1.82) is 0 Å². The third-order valence-corrected chi connectivity index (χ3v) is 3.75. The summed E-state index contributed by atoms with van der Waals surface area (Å²) < 4.78 is 4.97. The molecule has 0 unspecified atom stereocenters. The monoisotopic (exact) mass is 301 g/mol. The number of aromatic nitrogens is 2. The largest absolute Gasteiger partial charge is 0.472 e. The molecule has 2 aromatic heterocycles. The zero-order chi connectivity index (χ0) is 15.5. The van der Waals surface area contributed by atoms with E-state index in [-0.39, 0.29) is 5.91 Å². The fraction of sp³-hybridized carbons (Fsp3) is 0.400. The molecule has 22 heavy (non-hydrogen) atoms. The second kappa shape index (κ2) is 6.05. The van der Waals surface area contributed by atoms with Gasteiger partial charge in [0.05, 0.1) is 11.8 Å². The van der Waals surface area contributed by atoms with Crippen LogP contribution in [0, 0.1) is 0 Å². The highest BCUT2D eigenvalue weighted by molar-refractivity contribution is 5.94. The zero-order valence-corrected chi connectivity index (χ0v) is 12.8. The van der Waals surface area contributed by atoms with Gasteiger partial charge in [0, 0.05) is 40.3 Å². The van der Waals surface area contributed by atoms with Gasteiger partial charge in [-0.15, -0.1) is 10.2 Å². The van der Waals surface area contributed by atoms with E-state index in [1.807, 2.05) is 36.0 Å². The predicted molar refractivity (Wildman–Crippen MR) is 83.2 cm³/mol. The Morgan fingerprint density at radius 1 is 1.14 bits per heavy atom. The zero-order valence-electron chi connectivity index (χ0n) is 12.8. The van der Waals surface area contributed by atoms with Crippen LogP contribution < -0.4 is 9.80 Å². The molecule has 1 aliphatic rings. The van der Waals surface area contributed by atoms with E-state index in [1.165, 1.54) is 12.5 Å². The SMILES string of the molecule is CN(C)c1ccc(N2CCN(C(=O)c3ccoc3)CC2)nn1. The van der Waals surface area contributed by atoms with Crippen LogP contribution >= 0.6 is 0 Å². The van der Waals surface area contributed by atoms with Crippen molar-refractivity contribution >= 4 is 17.5 Å². The molecule has 0 bridgehead atoms. The van der Waals surface area contributed by atoms with Crippen molar-refractivity contribution in [2.45, 2.75) is 0 Å². The number of nitrogens with zero attached hydrogens (tertiary/aromatic N) is 5. The molecule has 1 aliphatic heterocycles. The highest BCUT2D eigenvalue weighted by Gasteiger charge is 2.23. The molecule has 3 heterocycles. The summed E-state index contributed by atoms with van der Waals surface area (Å²) in [6.45, 7) is 2.83. The van der Waals surface area contributed by atoms with E-state index in [0.717, 1.165) is 24.7 Å². The van der Waals surface area contributed by atoms with Gasteiger partial charge in [-0.2, -0.15) is 0 Å². The molecule has 0 aliphatic carbocycles. The first-order chi connectivity index (χ1) is 10.6. The van der Waals surface area contributed by atoms with Crippen molar-refractivity contribution in [3.8, 4) is 0 Å². The molecule has 7 heteroatoms. The number of anilines is 2. The molecule has 3 rings (SSSR count). The molecule has 0 radical (unpaired) electrons. The minimum atomic E-state index is 0.0161. The van der Waals surface area contributed by atoms with E-state index in [0.29, 0.717) is 18.7 Å².